The minimum absolute atomic E-state index is 0. The predicted octanol–water partition coefficient (Wildman–Crippen LogP) is 2.74. The third-order valence-corrected chi connectivity index (χ3v) is 4.02. The lowest BCUT2D eigenvalue weighted by Crippen LogP contribution is -2.27. The van der Waals surface area contributed by atoms with Crippen LogP contribution in [0, 0.1) is 6.92 Å². The molecule has 1 aliphatic heterocycles. The molecular weight excluding hydrogens is 344 g/mol. The fourth-order valence-corrected chi connectivity index (χ4v) is 2.72. The highest BCUT2D eigenvalue weighted by Crippen LogP contribution is 2.17. The average molecular weight is 365 g/mol. The number of anilines is 2. The molecule has 8 heteroatoms. The monoisotopic (exact) mass is 364 g/mol. The number of hydrogen-bond acceptors (Lipinski definition) is 5. The van der Waals surface area contributed by atoms with Crippen molar-refractivity contribution in [1.29, 1.82) is 0 Å². The second-order valence-corrected chi connectivity index (χ2v) is 5.87. The summed E-state index contributed by atoms with van der Waals surface area (Å²) >= 11 is 0. The van der Waals surface area contributed by atoms with Gasteiger partial charge in [0.15, 0.2) is 0 Å². The maximum Gasteiger partial charge on any atom is 0.260 e. The molecule has 134 valence electrons. The molecular formula is C17H21ClN4O3. The Morgan fingerprint density at radius 1 is 1.24 bits per heavy atom. The number of rotatable bonds is 5. The highest BCUT2D eigenvalue weighted by molar-refractivity contribution is 6.04. The minimum atomic E-state index is -0.280. The van der Waals surface area contributed by atoms with E-state index in [9.17, 15) is 9.59 Å². The van der Waals surface area contributed by atoms with E-state index in [-0.39, 0.29) is 30.3 Å². The number of nitrogens with one attached hydrogen (secondary N) is 3. The lowest BCUT2D eigenvalue weighted by molar-refractivity contribution is -0.116. The summed E-state index contributed by atoms with van der Waals surface area (Å²) in [6.07, 6.45) is 4.03. The minimum Gasteiger partial charge on any atom is -0.361 e. The van der Waals surface area contributed by atoms with Gasteiger partial charge in [-0.25, -0.2) is 0 Å². The molecule has 2 amide bonds. The normalized spacial score (nSPS) is 16.1. The number of carbonyl (C=O) groups is 2. The summed E-state index contributed by atoms with van der Waals surface area (Å²) in [7, 11) is 0. The first-order valence-electron chi connectivity index (χ1n) is 7.98. The van der Waals surface area contributed by atoms with Crippen LogP contribution in [0.25, 0.3) is 0 Å². The van der Waals surface area contributed by atoms with Gasteiger partial charge in [0, 0.05) is 23.8 Å². The zero-order valence-corrected chi connectivity index (χ0v) is 14.7. The van der Waals surface area contributed by atoms with E-state index in [0.29, 0.717) is 29.1 Å². The van der Waals surface area contributed by atoms with Gasteiger partial charge in [0.05, 0.1) is 6.20 Å². The van der Waals surface area contributed by atoms with Gasteiger partial charge in [-0.3, -0.25) is 9.59 Å². The summed E-state index contributed by atoms with van der Waals surface area (Å²) < 4.78 is 4.88. The molecule has 1 aliphatic rings. The molecule has 1 unspecified atom stereocenters. The third-order valence-electron chi connectivity index (χ3n) is 4.02. The Morgan fingerprint density at radius 2 is 1.92 bits per heavy atom. The molecule has 0 saturated carbocycles. The summed E-state index contributed by atoms with van der Waals surface area (Å²) in [5.74, 6) is 0.182. The maximum absolute atomic E-state index is 12.1. The third kappa shape index (κ3) is 5.04. The molecule has 1 saturated heterocycles. The lowest BCUT2D eigenvalue weighted by atomic mass is 10.1. The highest BCUT2D eigenvalue weighted by Gasteiger charge is 2.17. The van der Waals surface area contributed by atoms with Crippen molar-refractivity contribution in [2.45, 2.75) is 32.2 Å². The summed E-state index contributed by atoms with van der Waals surface area (Å²) in [6.45, 7) is 2.66. The molecule has 1 fully saturated rings. The van der Waals surface area contributed by atoms with Gasteiger partial charge < -0.3 is 20.5 Å². The smallest absolute Gasteiger partial charge is 0.260 e. The van der Waals surface area contributed by atoms with E-state index >= 15 is 0 Å². The van der Waals surface area contributed by atoms with E-state index in [0.717, 1.165) is 19.4 Å². The van der Waals surface area contributed by atoms with E-state index < -0.39 is 0 Å². The first-order valence-corrected chi connectivity index (χ1v) is 7.98. The number of hydrogen-bond donors (Lipinski definition) is 3. The van der Waals surface area contributed by atoms with Gasteiger partial charge in [-0.2, -0.15) is 0 Å². The van der Waals surface area contributed by atoms with Gasteiger partial charge in [-0.05, 0) is 50.6 Å². The zero-order chi connectivity index (χ0) is 16.9. The number of benzene rings is 1. The van der Waals surface area contributed by atoms with Crippen LogP contribution in [0.2, 0.25) is 0 Å². The second kappa shape index (κ2) is 8.64. The summed E-state index contributed by atoms with van der Waals surface area (Å²) in [5.41, 5.74) is 1.74. The highest BCUT2D eigenvalue weighted by atomic mass is 35.5. The van der Waals surface area contributed by atoms with Crippen molar-refractivity contribution >= 4 is 35.6 Å². The van der Waals surface area contributed by atoms with Gasteiger partial charge in [0.1, 0.15) is 11.3 Å². The molecule has 0 radical (unpaired) electrons. The van der Waals surface area contributed by atoms with Crippen molar-refractivity contribution in [1.82, 2.24) is 10.5 Å². The summed E-state index contributed by atoms with van der Waals surface area (Å²) in [5, 5.41) is 12.5. The predicted molar refractivity (Wildman–Crippen MR) is 97.2 cm³/mol. The van der Waals surface area contributed by atoms with Crippen LogP contribution < -0.4 is 16.0 Å². The van der Waals surface area contributed by atoms with Gasteiger partial charge >= 0.3 is 0 Å². The van der Waals surface area contributed by atoms with Crippen LogP contribution in [-0.4, -0.2) is 29.6 Å². The van der Waals surface area contributed by atoms with Crippen molar-refractivity contribution in [3.05, 3.63) is 41.8 Å². The van der Waals surface area contributed by atoms with Crippen LogP contribution in [0.5, 0.6) is 0 Å². The largest absolute Gasteiger partial charge is 0.361 e. The Labute approximate surface area is 151 Å². The van der Waals surface area contributed by atoms with Crippen molar-refractivity contribution in [2.24, 2.45) is 0 Å². The van der Waals surface area contributed by atoms with E-state index in [2.05, 4.69) is 21.1 Å². The quantitative estimate of drug-likeness (QED) is 0.758. The molecule has 7 nitrogen and oxygen atoms in total. The molecule has 1 aromatic carbocycles. The SMILES string of the molecule is Cc1oncc1C(=O)Nc1ccc(NC(=O)CC2CCCN2)cc1.Cl. The standard InChI is InChI=1S/C17H20N4O3.ClH/c1-11-15(10-19-24-11)17(23)21-13-6-4-12(5-7-13)20-16(22)9-14-3-2-8-18-14;/h4-7,10,14,18H,2-3,8-9H2,1H3,(H,20,22)(H,21,23);1H. The topological polar surface area (TPSA) is 96.3 Å². The van der Waals surface area contributed by atoms with E-state index in [1.807, 2.05) is 0 Å². The molecule has 3 N–H and O–H groups in total. The fraction of sp³-hybridized carbons (Fsp3) is 0.353. The van der Waals surface area contributed by atoms with Gasteiger partial charge in [-0.1, -0.05) is 5.16 Å². The molecule has 3 rings (SSSR count). The number of nitrogens with zero attached hydrogens (tertiary/aromatic N) is 1. The zero-order valence-electron chi connectivity index (χ0n) is 13.9. The van der Waals surface area contributed by atoms with Crippen molar-refractivity contribution in [2.75, 3.05) is 17.2 Å². The Balaban J connectivity index is 0.00000225. The van der Waals surface area contributed by atoms with Crippen LogP contribution in [-0.2, 0) is 4.79 Å². The number of aryl methyl sites for hydroxylation is 1. The molecule has 1 aromatic heterocycles. The van der Waals surface area contributed by atoms with Crippen LogP contribution >= 0.6 is 12.4 Å². The molecule has 25 heavy (non-hydrogen) atoms. The van der Waals surface area contributed by atoms with Gasteiger partial charge in [0.25, 0.3) is 5.91 Å². The Kier molecular flexibility index (Phi) is 6.55. The van der Waals surface area contributed by atoms with E-state index in [1.54, 1.807) is 31.2 Å². The van der Waals surface area contributed by atoms with Crippen molar-refractivity contribution < 1.29 is 14.1 Å². The Bertz CT molecular complexity index is 724. The molecule has 1 atom stereocenters. The number of carbonyl (C=O) groups excluding carboxylic acids is 2. The molecule has 0 bridgehead atoms. The first-order chi connectivity index (χ1) is 11.6. The van der Waals surface area contributed by atoms with Crippen LogP contribution in [0.15, 0.2) is 35.0 Å². The average Bonchev–Trinajstić information content (AvgIpc) is 3.20. The lowest BCUT2D eigenvalue weighted by Gasteiger charge is -2.11. The molecule has 0 spiro atoms. The van der Waals surface area contributed by atoms with Crippen LogP contribution in [0.1, 0.15) is 35.4 Å². The van der Waals surface area contributed by atoms with Crippen LogP contribution in [0.3, 0.4) is 0 Å². The molecule has 2 heterocycles. The molecule has 0 aliphatic carbocycles. The first kappa shape index (κ1) is 19.0. The Morgan fingerprint density at radius 3 is 2.48 bits per heavy atom. The fourth-order valence-electron chi connectivity index (χ4n) is 2.72. The maximum atomic E-state index is 12.1. The van der Waals surface area contributed by atoms with Crippen molar-refractivity contribution in [3.8, 4) is 0 Å². The van der Waals surface area contributed by atoms with E-state index in [1.165, 1.54) is 6.20 Å². The molecule has 2 aromatic rings. The number of halogens is 1. The second-order valence-electron chi connectivity index (χ2n) is 5.87. The van der Waals surface area contributed by atoms with Crippen LogP contribution in [0.4, 0.5) is 11.4 Å². The number of amides is 2. The van der Waals surface area contributed by atoms with E-state index in [4.69, 9.17) is 4.52 Å². The van der Waals surface area contributed by atoms with Crippen molar-refractivity contribution in [3.63, 3.8) is 0 Å². The summed E-state index contributed by atoms with van der Waals surface area (Å²) in [4.78, 5) is 24.1. The van der Waals surface area contributed by atoms with Gasteiger partial charge in [0.2, 0.25) is 5.91 Å². The number of aromatic nitrogens is 1. The van der Waals surface area contributed by atoms with Gasteiger partial charge in [-0.15, -0.1) is 12.4 Å². The Hall–Kier alpha value is -2.38. The summed E-state index contributed by atoms with van der Waals surface area (Å²) in [6, 6.07) is 7.27.